The van der Waals surface area contributed by atoms with Gasteiger partial charge in [0.25, 0.3) is 0 Å². The Morgan fingerprint density at radius 1 is 1.53 bits per heavy atom. The first-order valence-corrected chi connectivity index (χ1v) is 6.08. The predicted octanol–water partition coefficient (Wildman–Crippen LogP) is 3.38. The Labute approximate surface area is 94.4 Å². The van der Waals surface area contributed by atoms with E-state index in [0.717, 1.165) is 32.2 Å². The summed E-state index contributed by atoms with van der Waals surface area (Å²) in [4.78, 5) is 13.5. The molecule has 1 fully saturated rings. The fraction of sp³-hybridized carbons (Fsp3) is 0.769. The molecule has 1 atom stereocenters. The van der Waals surface area contributed by atoms with E-state index >= 15 is 0 Å². The van der Waals surface area contributed by atoms with Crippen LogP contribution in [0, 0.1) is 0 Å². The lowest BCUT2D eigenvalue weighted by Gasteiger charge is -2.34. The maximum Gasteiger partial charge on any atom is 0.246 e. The first kappa shape index (κ1) is 14.2. The summed E-state index contributed by atoms with van der Waals surface area (Å²) in [6.07, 6.45) is 5.94. The van der Waals surface area contributed by atoms with Crippen LogP contribution in [-0.2, 0) is 4.79 Å². The van der Waals surface area contributed by atoms with Gasteiger partial charge in [-0.3, -0.25) is 4.79 Å². The minimum absolute atomic E-state index is 0.0912. The topological polar surface area (TPSA) is 20.3 Å². The van der Waals surface area contributed by atoms with Crippen molar-refractivity contribution in [1.82, 2.24) is 4.90 Å². The van der Waals surface area contributed by atoms with Crippen molar-refractivity contribution in [3.8, 4) is 0 Å². The van der Waals surface area contributed by atoms with Crippen molar-refractivity contribution in [2.24, 2.45) is 0 Å². The molecule has 0 aliphatic carbocycles. The molecule has 15 heavy (non-hydrogen) atoms. The first-order valence-electron chi connectivity index (χ1n) is 6.08. The van der Waals surface area contributed by atoms with Gasteiger partial charge in [0.05, 0.1) is 0 Å². The number of likely N-dealkylation sites (tertiary alicyclic amines) is 1. The van der Waals surface area contributed by atoms with Gasteiger partial charge in [0, 0.05) is 12.1 Å². The van der Waals surface area contributed by atoms with Crippen LogP contribution in [0.3, 0.4) is 0 Å². The third-order valence-electron chi connectivity index (χ3n) is 2.98. The van der Waals surface area contributed by atoms with Crippen molar-refractivity contribution in [2.75, 3.05) is 6.54 Å². The van der Waals surface area contributed by atoms with Crippen LogP contribution < -0.4 is 0 Å². The fourth-order valence-corrected chi connectivity index (χ4v) is 2.31. The Bertz CT molecular complexity index is 213. The third-order valence-corrected chi connectivity index (χ3v) is 2.98. The molecule has 88 valence electrons. The van der Waals surface area contributed by atoms with E-state index in [1.807, 2.05) is 18.7 Å². The average molecular weight is 211 g/mol. The third kappa shape index (κ3) is 3.37. The largest absolute Gasteiger partial charge is 0.334 e. The van der Waals surface area contributed by atoms with Gasteiger partial charge in [-0.1, -0.05) is 33.8 Å². The molecule has 0 radical (unpaired) electrons. The number of nitrogens with zero attached hydrogens (tertiary/aromatic N) is 1. The lowest BCUT2D eigenvalue weighted by molar-refractivity contribution is -0.129. The van der Waals surface area contributed by atoms with Gasteiger partial charge >= 0.3 is 0 Å². The van der Waals surface area contributed by atoms with Gasteiger partial charge in [-0.15, -0.1) is 0 Å². The molecular formula is C13H25NO. The normalized spacial score (nSPS) is 24.4. The molecule has 1 aliphatic rings. The monoisotopic (exact) mass is 211 g/mol. The van der Waals surface area contributed by atoms with Crippen molar-refractivity contribution in [3.05, 3.63) is 12.7 Å². The molecule has 1 rings (SSSR count). The molecule has 0 bridgehead atoms. The Balaban J connectivity index is 0.000000921. The zero-order chi connectivity index (χ0) is 11.9. The van der Waals surface area contributed by atoms with Gasteiger partial charge in [0.15, 0.2) is 0 Å². The number of hydrogen-bond acceptors (Lipinski definition) is 1. The summed E-state index contributed by atoms with van der Waals surface area (Å²) in [6, 6.07) is 0. The Morgan fingerprint density at radius 3 is 2.60 bits per heavy atom. The van der Waals surface area contributed by atoms with Crippen LogP contribution in [0.25, 0.3) is 0 Å². The van der Waals surface area contributed by atoms with Crippen LogP contribution in [-0.4, -0.2) is 22.9 Å². The van der Waals surface area contributed by atoms with E-state index in [1.54, 1.807) is 0 Å². The summed E-state index contributed by atoms with van der Waals surface area (Å²) in [7, 11) is 0. The van der Waals surface area contributed by atoms with Gasteiger partial charge in [-0.2, -0.15) is 0 Å². The van der Waals surface area contributed by atoms with Crippen LogP contribution >= 0.6 is 0 Å². The minimum atomic E-state index is 0.0912. The Hall–Kier alpha value is -0.790. The predicted molar refractivity (Wildman–Crippen MR) is 65.8 cm³/mol. The Kier molecular flexibility index (Phi) is 6.30. The molecule has 2 nitrogen and oxygen atoms in total. The van der Waals surface area contributed by atoms with E-state index in [-0.39, 0.29) is 11.4 Å². The van der Waals surface area contributed by atoms with Crippen LogP contribution in [0.2, 0.25) is 0 Å². The van der Waals surface area contributed by atoms with E-state index in [1.165, 1.54) is 6.08 Å². The highest BCUT2D eigenvalue weighted by Crippen LogP contribution is 2.33. The molecule has 0 spiro atoms. The number of hydrogen-bond donors (Lipinski definition) is 0. The lowest BCUT2D eigenvalue weighted by Crippen LogP contribution is -2.44. The highest BCUT2D eigenvalue weighted by atomic mass is 16.2. The van der Waals surface area contributed by atoms with Gasteiger partial charge in [0.2, 0.25) is 5.91 Å². The van der Waals surface area contributed by atoms with Crippen LogP contribution in [0.5, 0.6) is 0 Å². The van der Waals surface area contributed by atoms with Crippen molar-refractivity contribution in [1.29, 1.82) is 0 Å². The van der Waals surface area contributed by atoms with Crippen molar-refractivity contribution in [3.63, 3.8) is 0 Å². The smallest absolute Gasteiger partial charge is 0.246 e. The summed E-state index contributed by atoms with van der Waals surface area (Å²) in [5, 5.41) is 0. The molecule has 0 aromatic rings. The van der Waals surface area contributed by atoms with E-state index < -0.39 is 0 Å². The van der Waals surface area contributed by atoms with Crippen LogP contribution in [0.4, 0.5) is 0 Å². The summed E-state index contributed by atoms with van der Waals surface area (Å²) in [5.41, 5.74) is 0.0972. The molecule has 1 amide bonds. The van der Waals surface area contributed by atoms with Crippen molar-refractivity contribution < 1.29 is 4.79 Å². The van der Waals surface area contributed by atoms with Crippen LogP contribution in [0.15, 0.2) is 12.7 Å². The quantitative estimate of drug-likeness (QED) is 0.655. The lowest BCUT2D eigenvalue weighted by atomic mass is 9.93. The SMILES string of the molecule is C=CC(=O)N1CCCC1(C)CCC.CC. The molecule has 1 aliphatic heterocycles. The molecule has 2 heteroatoms. The van der Waals surface area contributed by atoms with Gasteiger partial charge in [-0.05, 0) is 32.3 Å². The minimum Gasteiger partial charge on any atom is -0.334 e. The average Bonchev–Trinajstić information content (AvgIpc) is 2.62. The second-order valence-electron chi connectivity index (χ2n) is 4.04. The summed E-state index contributed by atoms with van der Waals surface area (Å²) < 4.78 is 0. The van der Waals surface area contributed by atoms with Gasteiger partial charge < -0.3 is 4.90 Å². The van der Waals surface area contributed by atoms with Crippen LogP contribution in [0.1, 0.15) is 53.4 Å². The van der Waals surface area contributed by atoms with Crippen molar-refractivity contribution >= 4 is 5.91 Å². The zero-order valence-electron chi connectivity index (χ0n) is 10.7. The van der Waals surface area contributed by atoms with Crippen molar-refractivity contribution in [2.45, 2.75) is 58.9 Å². The molecule has 1 heterocycles. The van der Waals surface area contributed by atoms with Gasteiger partial charge in [0.1, 0.15) is 0 Å². The number of amides is 1. The standard InChI is InChI=1S/C11H19NO.C2H6/c1-4-7-11(3)8-6-9-12(11)10(13)5-2;1-2/h5H,2,4,6-9H2,1,3H3;1-2H3. The Morgan fingerprint density at radius 2 is 2.13 bits per heavy atom. The molecule has 0 aromatic heterocycles. The highest BCUT2D eigenvalue weighted by molar-refractivity contribution is 5.87. The summed E-state index contributed by atoms with van der Waals surface area (Å²) >= 11 is 0. The molecule has 1 saturated heterocycles. The molecule has 0 N–H and O–H groups in total. The maximum atomic E-state index is 11.5. The number of rotatable bonds is 3. The second kappa shape index (κ2) is 6.65. The van der Waals surface area contributed by atoms with E-state index in [4.69, 9.17) is 0 Å². The first-order chi connectivity index (χ1) is 7.14. The summed E-state index contributed by atoms with van der Waals surface area (Å²) in [6.45, 7) is 12.8. The summed E-state index contributed by atoms with van der Waals surface area (Å²) in [5.74, 6) is 0.0912. The fourth-order valence-electron chi connectivity index (χ4n) is 2.31. The molecule has 0 aromatic carbocycles. The molecule has 0 saturated carbocycles. The molecular weight excluding hydrogens is 186 g/mol. The van der Waals surface area contributed by atoms with Gasteiger partial charge in [-0.25, -0.2) is 0 Å². The zero-order valence-corrected chi connectivity index (χ0v) is 10.7. The number of carbonyl (C=O) groups excluding carboxylic acids is 1. The number of carbonyl (C=O) groups is 1. The van der Waals surface area contributed by atoms with E-state index in [2.05, 4.69) is 20.4 Å². The second-order valence-corrected chi connectivity index (χ2v) is 4.04. The van der Waals surface area contributed by atoms with E-state index in [0.29, 0.717) is 0 Å². The molecule has 1 unspecified atom stereocenters. The highest BCUT2D eigenvalue weighted by Gasteiger charge is 2.37. The van der Waals surface area contributed by atoms with E-state index in [9.17, 15) is 4.79 Å². The maximum absolute atomic E-state index is 11.5.